The Kier molecular flexibility index (Phi) is 4.04. The van der Waals surface area contributed by atoms with Crippen molar-refractivity contribution in [2.45, 2.75) is 32.5 Å². The van der Waals surface area contributed by atoms with Gasteiger partial charge in [0, 0.05) is 6.54 Å². The second-order valence-electron chi connectivity index (χ2n) is 5.01. The molecule has 2 rings (SSSR count). The molecule has 108 valence electrons. The van der Waals surface area contributed by atoms with Crippen LogP contribution in [0.2, 0.25) is 0 Å². The minimum Gasteiger partial charge on any atom is -0.391 e. The highest BCUT2D eigenvalue weighted by atomic mass is 19.1. The van der Waals surface area contributed by atoms with Gasteiger partial charge in [-0.1, -0.05) is 12.1 Å². The van der Waals surface area contributed by atoms with Crippen molar-refractivity contribution in [3.63, 3.8) is 0 Å². The molecule has 0 bridgehead atoms. The number of piperazine rings is 1. The van der Waals surface area contributed by atoms with Gasteiger partial charge in [0.15, 0.2) is 0 Å². The number of hydrogen-bond donors (Lipinski definition) is 2. The van der Waals surface area contributed by atoms with Gasteiger partial charge in [0.1, 0.15) is 11.9 Å². The second kappa shape index (κ2) is 5.58. The Balaban J connectivity index is 2.25. The largest absolute Gasteiger partial charge is 0.391 e. The first-order valence-electron chi connectivity index (χ1n) is 6.40. The smallest absolute Gasteiger partial charge is 0.245 e. The Morgan fingerprint density at radius 2 is 2.20 bits per heavy atom. The highest BCUT2D eigenvalue weighted by Gasteiger charge is 2.37. The maximum atomic E-state index is 13.5. The van der Waals surface area contributed by atoms with Crippen molar-refractivity contribution in [2.24, 2.45) is 0 Å². The summed E-state index contributed by atoms with van der Waals surface area (Å²) in [6.45, 7) is 3.10. The van der Waals surface area contributed by atoms with Crippen LogP contribution in [-0.2, 0) is 16.1 Å². The molecule has 1 aromatic rings. The summed E-state index contributed by atoms with van der Waals surface area (Å²) in [5.41, 5.74) is 1.10. The molecule has 6 heteroatoms. The summed E-state index contributed by atoms with van der Waals surface area (Å²) in [4.78, 5) is 25.0. The highest BCUT2D eigenvalue weighted by molar-refractivity contribution is 5.95. The third kappa shape index (κ3) is 2.80. The zero-order chi connectivity index (χ0) is 14.9. The first-order valence-corrected chi connectivity index (χ1v) is 6.40. The summed E-state index contributed by atoms with van der Waals surface area (Å²) < 4.78 is 13.5. The molecule has 0 spiro atoms. The lowest BCUT2D eigenvalue weighted by atomic mass is 10.0. The average molecular weight is 280 g/mol. The summed E-state index contributed by atoms with van der Waals surface area (Å²) in [5.74, 6) is -1.05. The lowest BCUT2D eigenvalue weighted by Crippen LogP contribution is -2.61. The minimum absolute atomic E-state index is 0.0962. The van der Waals surface area contributed by atoms with Gasteiger partial charge in [-0.25, -0.2) is 4.39 Å². The molecule has 1 aliphatic rings. The van der Waals surface area contributed by atoms with Gasteiger partial charge < -0.3 is 15.3 Å². The average Bonchev–Trinajstić information content (AvgIpc) is 2.38. The quantitative estimate of drug-likeness (QED) is 0.839. The fourth-order valence-corrected chi connectivity index (χ4v) is 2.26. The number of aliphatic hydroxyl groups is 1. The SMILES string of the molecule is Cc1ccc(CN2C(=O)CNC(=O)[C@H]2[C@H](C)O)cc1F. The van der Waals surface area contributed by atoms with Gasteiger partial charge in [0.25, 0.3) is 0 Å². The van der Waals surface area contributed by atoms with E-state index in [9.17, 15) is 19.1 Å². The number of amides is 2. The third-order valence-corrected chi connectivity index (χ3v) is 3.38. The van der Waals surface area contributed by atoms with Crippen LogP contribution in [0.15, 0.2) is 18.2 Å². The Labute approximate surface area is 116 Å². The number of halogens is 1. The van der Waals surface area contributed by atoms with Crippen LogP contribution in [0, 0.1) is 12.7 Å². The molecule has 5 nitrogen and oxygen atoms in total. The van der Waals surface area contributed by atoms with E-state index in [1.165, 1.54) is 17.9 Å². The number of aliphatic hydroxyl groups excluding tert-OH is 1. The first-order chi connectivity index (χ1) is 9.40. The molecule has 2 atom stereocenters. The number of carbonyl (C=O) groups excluding carboxylic acids is 2. The lowest BCUT2D eigenvalue weighted by molar-refractivity contribution is -0.150. The number of nitrogens with zero attached hydrogens (tertiary/aromatic N) is 1. The van der Waals surface area contributed by atoms with E-state index >= 15 is 0 Å². The fraction of sp³-hybridized carbons (Fsp3) is 0.429. The molecule has 20 heavy (non-hydrogen) atoms. The van der Waals surface area contributed by atoms with Gasteiger partial charge in [-0.3, -0.25) is 9.59 Å². The second-order valence-corrected chi connectivity index (χ2v) is 5.01. The van der Waals surface area contributed by atoms with Crippen molar-refractivity contribution in [1.29, 1.82) is 0 Å². The zero-order valence-electron chi connectivity index (χ0n) is 11.4. The van der Waals surface area contributed by atoms with Crippen LogP contribution in [0.1, 0.15) is 18.1 Å². The number of benzene rings is 1. The number of rotatable bonds is 3. The van der Waals surface area contributed by atoms with Crippen LogP contribution in [0.5, 0.6) is 0 Å². The topological polar surface area (TPSA) is 69.6 Å². The van der Waals surface area contributed by atoms with Gasteiger partial charge in [-0.2, -0.15) is 0 Å². The van der Waals surface area contributed by atoms with Crippen LogP contribution in [-0.4, -0.2) is 40.5 Å². The summed E-state index contributed by atoms with van der Waals surface area (Å²) in [5, 5.41) is 12.1. The lowest BCUT2D eigenvalue weighted by Gasteiger charge is -2.36. The minimum atomic E-state index is -0.991. The van der Waals surface area contributed by atoms with Crippen molar-refractivity contribution in [2.75, 3.05) is 6.54 Å². The van der Waals surface area contributed by atoms with Crippen molar-refractivity contribution < 1.29 is 19.1 Å². The predicted octanol–water partition coefficient (Wildman–Crippen LogP) is 0.342. The number of aryl methyl sites for hydroxylation is 1. The van der Waals surface area contributed by atoms with Crippen LogP contribution < -0.4 is 5.32 Å². The fourth-order valence-electron chi connectivity index (χ4n) is 2.26. The standard InChI is InChI=1S/C14H17FN2O3/c1-8-3-4-10(5-11(8)15)7-17-12(19)6-16-14(20)13(17)9(2)18/h3-5,9,13,18H,6-7H2,1-2H3,(H,16,20)/t9-,13+/m0/s1. The van der Waals surface area contributed by atoms with E-state index in [0.29, 0.717) is 11.1 Å². The van der Waals surface area contributed by atoms with Gasteiger partial charge in [-0.05, 0) is 31.0 Å². The van der Waals surface area contributed by atoms with Crippen LogP contribution in [0.25, 0.3) is 0 Å². The van der Waals surface area contributed by atoms with E-state index in [0.717, 1.165) is 0 Å². The van der Waals surface area contributed by atoms with E-state index in [1.54, 1.807) is 19.1 Å². The molecule has 0 unspecified atom stereocenters. The predicted molar refractivity (Wildman–Crippen MR) is 70.2 cm³/mol. The van der Waals surface area contributed by atoms with E-state index in [-0.39, 0.29) is 24.8 Å². The van der Waals surface area contributed by atoms with Crippen molar-refractivity contribution in [3.8, 4) is 0 Å². The van der Waals surface area contributed by atoms with Gasteiger partial charge in [-0.15, -0.1) is 0 Å². The van der Waals surface area contributed by atoms with E-state index in [1.807, 2.05) is 0 Å². The van der Waals surface area contributed by atoms with Crippen LogP contribution in [0.3, 0.4) is 0 Å². The Morgan fingerprint density at radius 3 is 2.80 bits per heavy atom. The molecule has 0 aromatic heterocycles. The third-order valence-electron chi connectivity index (χ3n) is 3.38. The van der Waals surface area contributed by atoms with E-state index in [2.05, 4.69) is 5.32 Å². The monoisotopic (exact) mass is 280 g/mol. The Bertz CT molecular complexity index is 545. The molecule has 1 saturated heterocycles. The van der Waals surface area contributed by atoms with Crippen molar-refractivity contribution >= 4 is 11.8 Å². The van der Waals surface area contributed by atoms with Crippen LogP contribution in [0.4, 0.5) is 4.39 Å². The van der Waals surface area contributed by atoms with Gasteiger partial charge >= 0.3 is 0 Å². The van der Waals surface area contributed by atoms with Gasteiger partial charge in [0.05, 0.1) is 12.6 Å². The summed E-state index contributed by atoms with van der Waals surface area (Å²) in [6, 6.07) is 3.72. The highest BCUT2D eigenvalue weighted by Crippen LogP contribution is 2.17. The number of carbonyl (C=O) groups is 2. The molecule has 2 N–H and O–H groups in total. The Morgan fingerprint density at radius 1 is 1.50 bits per heavy atom. The maximum absolute atomic E-state index is 13.5. The maximum Gasteiger partial charge on any atom is 0.245 e. The summed E-state index contributed by atoms with van der Waals surface area (Å²) in [6.07, 6.45) is -0.991. The zero-order valence-corrected chi connectivity index (χ0v) is 11.4. The molecular formula is C14H17FN2O3. The molecule has 1 aliphatic heterocycles. The number of nitrogens with one attached hydrogen (secondary N) is 1. The van der Waals surface area contributed by atoms with E-state index in [4.69, 9.17) is 0 Å². The molecule has 0 radical (unpaired) electrons. The number of hydrogen-bond acceptors (Lipinski definition) is 3. The molecule has 0 saturated carbocycles. The molecule has 0 aliphatic carbocycles. The van der Waals surface area contributed by atoms with Gasteiger partial charge in [0.2, 0.25) is 11.8 Å². The molecular weight excluding hydrogens is 263 g/mol. The first kappa shape index (κ1) is 14.5. The molecule has 1 fully saturated rings. The summed E-state index contributed by atoms with van der Waals surface area (Å²) in [7, 11) is 0. The van der Waals surface area contributed by atoms with Crippen molar-refractivity contribution in [1.82, 2.24) is 10.2 Å². The molecule has 1 heterocycles. The summed E-state index contributed by atoms with van der Waals surface area (Å²) >= 11 is 0. The normalized spacial score (nSPS) is 20.8. The Hall–Kier alpha value is -1.95. The van der Waals surface area contributed by atoms with Crippen LogP contribution >= 0.6 is 0 Å². The molecule has 1 aromatic carbocycles. The van der Waals surface area contributed by atoms with E-state index < -0.39 is 18.1 Å². The molecule has 2 amide bonds. The van der Waals surface area contributed by atoms with Crippen molar-refractivity contribution in [3.05, 3.63) is 35.1 Å².